The molecular weight excluding hydrogens is 494 g/mol. The number of hydrogen-bond donors (Lipinski definition) is 3. The van der Waals surface area contributed by atoms with Crippen molar-refractivity contribution in [1.29, 1.82) is 0 Å². The molecule has 174 valence electrons. The van der Waals surface area contributed by atoms with Crippen molar-refractivity contribution in [3.05, 3.63) is 76.9 Å². The fourth-order valence-corrected chi connectivity index (χ4v) is 5.16. The van der Waals surface area contributed by atoms with Crippen LogP contribution in [0, 0.1) is 0 Å². The second kappa shape index (κ2) is 9.46. The molecule has 0 bridgehead atoms. The predicted molar refractivity (Wildman–Crippen MR) is 136 cm³/mol. The van der Waals surface area contributed by atoms with E-state index in [4.69, 9.17) is 0 Å². The Morgan fingerprint density at radius 1 is 1.06 bits per heavy atom. The van der Waals surface area contributed by atoms with Crippen LogP contribution in [0.3, 0.4) is 0 Å². The number of carbonyl (C=O) groups is 1. The minimum atomic E-state index is -0.434. The Labute approximate surface area is 206 Å². The van der Waals surface area contributed by atoms with Crippen LogP contribution < -0.4 is 10.6 Å². The molecule has 0 atom stereocenters. The Balaban J connectivity index is 1.32. The second-order valence-corrected chi connectivity index (χ2v) is 9.46. The van der Waals surface area contributed by atoms with Gasteiger partial charge in [0.25, 0.3) is 0 Å². The summed E-state index contributed by atoms with van der Waals surface area (Å²) in [5.74, 6) is 0.979. The smallest absolute Gasteiger partial charge is 0.230 e. The zero-order chi connectivity index (χ0) is 23.5. The van der Waals surface area contributed by atoms with Gasteiger partial charge in [0.05, 0.1) is 21.8 Å². The van der Waals surface area contributed by atoms with Gasteiger partial charge in [-0.15, -0.1) is 0 Å². The number of hydrogen-bond acceptors (Lipinski definition) is 5. The van der Waals surface area contributed by atoms with E-state index in [1.807, 2.05) is 36.4 Å². The number of fused-ring (bicyclic) bond motifs is 1. The van der Waals surface area contributed by atoms with E-state index in [9.17, 15) is 9.90 Å². The van der Waals surface area contributed by atoms with Crippen molar-refractivity contribution in [3.63, 3.8) is 0 Å². The number of amides is 1. The third-order valence-corrected chi connectivity index (χ3v) is 7.10. The van der Waals surface area contributed by atoms with E-state index in [1.54, 1.807) is 22.8 Å². The first-order chi connectivity index (χ1) is 16.6. The molecule has 1 aliphatic carbocycles. The maximum absolute atomic E-state index is 13.3. The summed E-state index contributed by atoms with van der Waals surface area (Å²) >= 11 is 3.50. The highest BCUT2D eigenvalue weighted by Gasteiger charge is 2.42. The van der Waals surface area contributed by atoms with Gasteiger partial charge in [-0.3, -0.25) is 4.79 Å². The van der Waals surface area contributed by atoms with Gasteiger partial charge in [-0.05, 0) is 46.5 Å². The minimum Gasteiger partial charge on any atom is -0.507 e. The highest BCUT2D eigenvalue weighted by Crippen LogP contribution is 2.41. The Hall–Kier alpha value is -3.39. The number of benzene rings is 2. The normalized spacial score (nSPS) is 14.9. The van der Waals surface area contributed by atoms with Gasteiger partial charge in [0.15, 0.2) is 5.65 Å². The predicted octanol–water partition coefficient (Wildman–Crippen LogP) is 4.90. The monoisotopic (exact) mass is 519 g/mol. The van der Waals surface area contributed by atoms with Crippen molar-refractivity contribution in [2.45, 2.75) is 31.1 Å². The molecule has 1 aliphatic rings. The van der Waals surface area contributed by atoms with Gasteiger partial charge < -0.3 is 15.7 Å². The van der Waals surface area contributed by atoms with Crippen molar-refractivity contribution in [3.8, 4) is 17.0 Å². The minimum absolute atomic E-state index is 0.0922. The molecule has 1 amide bonds. The van der Waals surface area contributed by atoms with E-state index >= 15 is 0 Å². The molecule has 2 aromatic carbocycles. The van der Waals surface area contributed by atoms with Crippen molar-refractivity contribution in [2.75, 3.05) is 18.4 Å². The number of carbonyl (C=O) groups excluding carboxylic acids is 1. The molecule has 7 nitrogen and oxygen atoms in total. The van der Waals surface area contributed by atoms with Crippen LogP contribution in [0.15, 0.2) is 71.3 Å². The maximum atomic E-state index is 13.3. The fraction of sp³-hybridized carbons (Fsp3) is 0.269. The topological polar surface area (TPSA) is 91.5 Å². The Morgan fingerprint density at radius 3 is 2.56 bits per heavy atom. The number of nitrogens with zero attached hydrogens (tertiary/aromatic N) is 3. The zero-order valence-electron chi connectivity index (χ0n) is 18.7. The first-order valence-electron chi connectivity index (χ1n) is 11.5. The summed E-state index contributed by atoms with van der Waals surface area (Å²) in [5, 5.41) is 21.2. The van der Waals surface area contributed by atoms with Crippen LogP contribution in [0.1, 0.15) is 31.2 Å². The van der Waals surface area contributed by atoms with Gasteiger partial charge in [-0.25, -0.2) is 4.98 Å². The van der Waals surface area contributed by atoms with Crippen LogP contribution in [0.4, 0.5) is 5.82 Å². The lowest BCUT2D eigenvalue weighted by atomic mass is 9.78. The first-order valence-corrected chi connectivity index (χ1v) is 12.3. The molecule has 0 aliphatic heterocycles. The van der Waals surface area contributed by atoms with Gasteiger partial charge in [0.1, 0.15) is 11.6 Å². The van der Waals surface area contributed by atoms with Gasteiger partial charge in [0, 0.05) is 24.7 Å². The van der Waals surface area contributed by atoms with Gasteiger partial charge in [-0.2, -0.15) is 9.61 Å². The average molecular weight is 520 g/mol. The Bertz CT molecular complexity index is 1320. The third-order valence-electron chi connectivity index (χ3n) is 6.54. The van der Waals surface area contributed by atoms with Gasteiger partial charge >= 0.3 is 0 Å². The van der Waals surface area contributed by atoms with Gasteiger partial charge in [-0.1, -0.05) is 55.3 Å². The Morgan fingerprint density at radius 2 is 1.79 bits per heavy atom. The zero-order valence-corrected chi connectivity index (χ0v) is 20.3. The van der Waals surface area contributed by atoms with Crippen LogP contribution >= 0.6 is 15.9 Å². The highest BCUT2D eigenvalue weighted by molar-refractivity contribution is 9.10. The molecule has 3 N–H and O–H groups in total. The summed E-state index contributed by atoms with van der Waals surface area (Å²) in [6, 6.07) is 19.1. The molecular formula is C26H26BrN5O2. The van der Waals surface area contributed by atoms with E-state index in [2.05, 4.69) is 48.8 Å². The third kappa shape index (κ3) is 4.14. The number of para-hydroxylation sites is 1. The molecule has 1 fully saturated rings. The summed E-state index contributed by atoms with van der Waals surface area (Å²) in [6.45, 7) is 0.999. The molecule has 0 radical (unpaired) electrons. The fourth-order valence-electron chi connectivity index (χ4n) is 4.81. The number of phenols is 1. The molecule has 0 spiro atoms. The second-order valence-electron chi connectivity index (χ2n) is 8.61. The summed E-state index contributed by atoms with van der Waals surface area (Å²) < 4.78 is 2.46. The molecule has 4 aromatic rings. The molecule has 8 heteroatoms. The molecule has 0 saturated heterocycles. The lowest BCUT2D eigenvalue weighted by Crippen LogP contribution is -2.44. The summed E-state index contributed by atoms with van der Waals surface area (Å²) in [7, 11) is 0. The Kier molecular flexibility index (Phi) is 6.24. The summed E-state index contributed by atoms with van der Waals surface area (Å²) in [6.07, 6.45) is 5.59. The number of nitrogens with one attached hydrogen (secondary N) is 2. The number of halogens is 1. The summed E-state index contributed by atoms with van der Waals surface area (Å²) in [4.78, 5) is 17.9. The van der Waals surface area contributed by atoms with E-state index in [0.29, 0.717) is 30.0 Å². The van der Waals surface area contributed by atoms with Crippen LogP contribution in [0.25, 0.3) is 16.9 Å². The van der Waals surface area contributed by atoms with Crippen LogP contribution in [-0.2, 0) is 10.2 Å². The maximum Gasteiger partial charge on any atom is 0.230 e. The first kappa shape index (κ1) is 22.4. The molecule has 34 heavy (non-hydrogen) atoms. The van der Waals surface area contributed by atoms with Crippen LogP contribution in [0.2, 0.25) is 0 Å². The number of aromatic hydroxyl groups is 1. The van der Waals surface area contributed by atoms with Crippen LogP contribution in [0.5, 0.6) is 5.75 Å². The molecule has 5 rings (SSSR count). The number of rotatable bonds is 7. The summed E-state index contributed by atoms with van der Waals surface area (Å²) in [5.41, 5.74) is 2.58. The number of aromatic nitrogens is 3. The molecule has 2 aromatic heterocycles. The number of anilines is 1. The molecule has 2 heterocycles. The van der Waals surface area contributed by atoms with Crippen LogP contribution in [-0.4, -0.2) is 38.7 Å². The highest BCUT2D eigenvalue weighted by atomic mass is 79.9. The average Bonchev–Trinajstić information content (AvgIpc) is 3.51. The van der Waals surface area contributed by atoms with Crippen molar-refractivity contribution < 1.29 is 9.90 Å². The van der Waals surface area contributed by atoms with E-state index in [1.165, 1.54) is 0 Å². The lowest BCUT2D eigenvalue weighted by Gasteiger charge is -2.28. The van der Waals surface area contributed by atoms with Crippen molar-refractivity contribution in [1.82, 2.24) is 19.9 Å². The quantitative estimate of drug-likeness (QED) is 0.302. The molecule has 0 unspecified atom stereocenters. The van der Waals surface area contributed by atoms with E-state index in [0.717, 1.165) is 41.5 Å². The molecule has 1 saturated carbocycles. The lowest BCUT2D eigenvalue weighted by molar-refractivity contribution is -0.126. The SMILES string of the molecule is O=C(NCCNc1cc(-c2ccccc2O)nc2c(Br)cnn12)C1(c2ccccc2)CCCC1. The number of phenolic OH excluding ortho intramolecular Hbond substituents is 1. The van der Waals surface area contributed by atoms with Crippen molar-refractivity contribution >= 4 is 33.3 Å². The largest absolute Gasteiger partial charge is 0.507 e. The van der Waals surface area contributed by atoms with Crippen molar-refractivity contribution in [2.24, 2.45) is 0 Å². The van der Waals surface area contributed by atoms with E-state index < -0.39 is 5.41 Å². The standard InChI is InChI=1S/C26H26BrN5O2/c27-20-17-30-32-23(16-21(31-24(20)32)19-10-4-5-11-22(19)33)28-14-15-29-25(34)26(12-6-7-13-26)18-8-2-1-3-9-18/h1-5,8-11,16-17,28,33H,6-7,12-15H2,(H,29,34). The van der Waals surface area contributed by atoms with Gasteiger partial charge in [0.2, 0.25) is 5.91 Å². The van der Waals surface area contributed by atoms with E-state index in [-0.39, 0.29) is 11.7 Å².